The number of thiophene rings is 1. The molecule has 0 unspecified atom stereocenters. The van der Waals surface area contributed by atoms with Crippen LogP contribution in [0, 0.1) is 11.3 Å². The van der Waals surface area contributed by atoms with Gasteiger partial charge in [-0.2, -0.15) is 10.4 Å². The summed E-state index contributed by atoms with van der Waals surface area (Å²) in [6, 6.07) is 15.0. The fourth-order valence-corrected chi connectivity index (χ4v) is 4.11. The van der Waals surface area contributed by atoms with E-state index >= 15 is 0 Å². The first-order valence-electron chi connectivity index (χ1n) is 10.2. The minimum absolute atomic E-state index is 0.0680. The van der Waals surface area contributed by atoms with Crippen molar-refractivity contribution in [1.82, 2.24) is 20.4 Å². The number of aromatic amines is 1. The second-order valence-corrected chi connectivity index (χ2v) is 8.29. The zero-order valence-corrected chi connectivity index (χ0v) is 17.9. The number of morpholine rings is 1. The molecule has 160 valence electrons. The van der Waals surface area contributed by atoms with Crippen LogP contribution in [0.25, 0.3) is 10.6 Å². The van der Waals surface area contributed by atoms with Crippen molar-refractivity contribution in [3.05, 3.63) is 52.9 Å². The van der Waals surface area contributed by atoms with E-state index in [1.807, 2.05) is 24.3 Å². The normalized spacial score (nSPS) is 14.2. The summed E-state index contributed by atoms with van der Waals surface area (Å²) >= 11 is 1.41. The Labute approximate surface area is 184 Å². The molecular weight excluding hydrogens is 412 g/mol. The maximum atomic E-state index is 12.3. The molecule has 0 spiro atoms. The molecule has 0 atom stereocenters. The third-order valence-electron chi connectivity index (χ3n) is 5.02. The van der Waals surface area contributed by atoms with Crippen molar-refractivity contribution >= 4 is 28.7 Å². The minimum atomic E-state index is -0.0680. The van der Waals surface area contributed by atoms with Crippen LogP contribution in [0.3, 0.4) is 0 Å². The van der Waals surface area contributed by atoms with Gasteiger partial charge >= 0.3 is 0 Å². The predicted molar refractivity (Wildman–Crippen MR) is 121 cm³/mol. The number of anilines is 2. The van der Waals surface area contributed by atoms with Crippen LogP contribution in [-0.2, 0) is 4.74 Å². The number of H-pyrrole nitrogens is 1. The zero-order chi connectivity index (χ0) is 21.5. The molecule has 0 bridgehead atoms. The molecule has 3 aromatic rings. The van der Waals surface area contributed by atoms with Gasteiger partial charge in [-0.15, -0.1) is 11.3 Å². The summed E-state index contributed by atoms with van der Waals surface area (Å²) in [7, 11) is 0. The maximum Gasteiger partial charge on any atom is 0.251 e. The third-order valence-corrected chi connectivity index (χ3v) is 6.04. The van der Waals surface area contributed by atoms with Gasteiger partial charge in [-0.3, -0.25) is 14.8 Å². The Bertz CT molecular complexity index is 1050. The average molecular weight is 437 g/mol. The summed E-state index contributed by atoms with van der Waals surface area (Å²) in [5.41, 5.74) is 2.31. The van der Waals surface area contributed by atoms with Gasteiger partial charge in [0.05, 0.1) is 23.8 Å². The van der Waals surface area contributed by atoms with E-state index in [0.717, 1.165) is 55.5 Å². The molecule has 31 heavy (non-hydrogen) atoms. The van der Waals surface area contributed by atoms with E-state index in [1.54, 1.807) is 18.2 Å². The number of nitrogens with one attached hydrogen (secondary N) is 3. The molecule has 1 amide bonds. The Kier molecular flexibility index (Phi) is 6.94. The summed E-state index contributed by atoms with van der Waals surface area (Å²) in [4.78, 5) is 16.3. The third kappa shape index (κ3) is 5.70. The van der Waals surface area contributed by atoms with Gasteiger partial charge < -0.3 is 15.4 Å². The highest BCUT2D eigenvalue weighted by Crippen LogP contribution is 2.28. The van der Waals surface area contributed by atoms with E-state index in [-0.39, 0.29) is 5.91 Å². The molecule has 3 N–H and O–H groups in total. The lowest BCUT2D eigenvalue weighted by molar-refractivity contribution is 0.0374. The van der Waals surface area contributed by atoms with E-state index in [0.29, 0.717) is 22.8 Å². The highest BCUT2D eigenvalue weighted by atomic mass is 32.1. The molecule has 0 radical (unpaired) electrons. The van der Waals surface area contributed by atoms with Crippen LogP contribution in [0.4, 0.5) is 11.5 Å². The molecule has 1 aromatic carbocycles. The SMILES string of the molecule is N#Cc1ccc(-c2cc(Nc3ccc(C(=O)NCCCN4CCOCC4)cc3)n[nH]2)s1. The van der Waals surface area contributed by atoms with Crippen LogP contribution in [0.5, 0.6) is 0 Å². The smallest absolute Gasteiger partial charge is 0.251 e. The molecule has 1 aliphatic heterocycles. The molecule has 0 saturated carbocycles. The monoisotopic (exact) mass is 436 g/mol. The number of nitriles is 1. The maximum absolute atomic E-state index is 12.3. The Morgan fingerprint density at radius 1 is 1.23 bits per heavy atom. The average Bonchev–Trinajstić information content (AvgIpc) is 3.47. The topological polar surface area (TPSA) is 106 Å². The highest BCUT2D eigenvalue weighted by Gasteiger charge is 2.11. The molecule has 4 rings (SSSR count). The van der Waals surface area contributed by atoms with Crippen molar-refractivity contribution < 1.29 is 9.53 Å². The molecule has 0 aliphatic carbocycles. The number of ether oxygens (including phenoxy) is 1. The molecule has 9 heteroatoms. The Balaban J connectivity index is 1.25. The minimum Gasteiger partial charge on any atom is -0.379 e. The summed E-state index contributed by atoms with van der Waals surface area (Å²) in [5, 5.41) is 22.4. The van der Waals surface area contributed by atoms with E-state index < -0.39 is 0 Å². The molecule has 1 saturated heterocycles. The van der Waals surface area contributed by atoms with Gasteiger partial charge in [-0.25, -0.2) is 0 Å². The van der Waals surface area contributed by atoms with Gasteiger partial charge in [0.2, 0.25) is 0 Å². The van der Waals surface area contributed by atoms with E-state index in [2.05, 4.69) is 31.8 Å². The number of benzene rings is 1. The van der Waals surface area contributed by atoms with Crippen LogP contribution in [0.15, 0.2) is 42.5 Å². The van der Waals surface area contributed by atoms with Gasteiger partial charge in [0, 0.05) is 37.0 Å². The van der Waals surface area contributed by atoms with Crippen molar-refractivity contribution in [1.29, 1.82) is 5.26 Å². The van der Waals surface area contributed by atoms with Crippen LogP contribution in [-0.4, -0.2) is 60.4 Å². The number of amides is 1. The lowest BCUT2D eigenvalue weighted by Crippen LogP contribution is -2.38. The van der Waals surface area contributed by atoms with Gasteiger partial charge in [0.25, 0.3) is 5.91 Å². The molecular formula is C22H24N6O2S. The first-order chi connectivity index (χ1) is 15.2. The molecule has 2 aromatic heterocycles. The fraction of sp³-hybridized carbons (Fsp3) is 0.318. The molecule has 1 aliphatic rings. The Hall–Kier alpha value is -3.19. The van der Waals surface area contributed by atoms with Crippen molar-refractivity contribution in [3.8, 4) is 16.6 Å². The van der Waals surface area contributed by atoms with Crippen molar-refractivity contribution in [2.24, 2.45) is 0 Å². The van der Waals surface area contributed by atoms with Crippen molar-refractivity contribution in [2.75, 3.05) is 44.7 Å². The van der Waals surface area contributed by atoms with Crippen LogP contribution < -0.4 is 10.6 Å². The standard InChI is InChI=1S/C22H24N6O2S/c23-15-18-6-7-20(31-18)19-14-21(27-26-19)25-17-4-2-16(3-5-17)22(29)24-8-1-9-28-10-12-30-13-11-28/h2-7,14H,1,8-13H2,(H,24,29)(H2,25,26,27). The molecule has 3 heterocycles. The van der Waals surface area contributed by atoms with Crippen molar-refractivity contribution in [3.63, 3.8) is 0 Å². The summed E-state index contributed by atoms with van der Waals surface area (Å²) < 4.78 is 5.34. The number of carbonyl (C=O) groups excluding carboxylic acids is 1. The van der Waals surface area contributed by atoms with Gasteiger partial charge in [0.15, 0.2) is 5.82 Å². The van der Waals surface area contributed by atoms with Crippen LogP contribution in [0.2, 0.25) is 0 Å². The number of aromatic nitrogens is 2. The summed E-state index contributed by atoms with van der Waals surface area (Å²) in [5.74, 6) is 0.601. The molecule has 1 fully saturated rings. The zero-order valence-electron chi connectivity index (χ0n) is 17.1. The first-order valence-corrected chi connectivity index (χ1v) is 11.0. The summed E-state index contributed by atoms with van der Waals surface area (Å²) in [6.07, 6.45) is 0.924. The Morgan fingerprint density at radius 2 is 2.03 bits per heavy atom. The second-order valence-electron chi connectivity index (χ2n) is 7.21. The highest BCUT2D eigenvalue weighted by molar-refractivity contribution is 7.15. The number of hydrogen-bond acceptors (Lipinski definition) is 7. The van der Waals surface area contributed by atoms with E-state index in [9.17, 15) is 4.79 Å². The lowest BCUT2D eigenvalue weighted by atomic mass is 10.2. The second kappa shape index (κ2) is 10.2. The van der Waals surface area contributed by atoms with Crippen LogP contribution in [0.1, 0.15) is 21.7 Å². The quantitative estimate of drug-likeness (QED) is 0.468. The largest absolute Gasteiger partial charge is 0.379 e. The van der Waals surface area contributed by atoms with Gasteiger partial charge in [-0.05, 0) is 49.4 Å². The predicted octanol–water partition coefficient (Wildman–Crippen LogP) is 3.21. The number of hydrogen-bond donors (Lipinski definition) is 3. The van der Waals surface area contributed by atoms with Crippen molar-refractivity contribution in [2.45, 2.75) is 6.42 Å². The van der Waals surface area contributed by atoms with Gasteiger partial charge in [0.1, 0.15) is 10.9 Å². The van der Waals surface area contributed by atoms with E-state index in [4.69, 9.17) is 10.00 Å². The molecule has 8 nitrogen and oxygen atoms in total. The Morgan fingerprint density at radius 3 is 2.77 bits per heavy atom. The number of nitrogens with zero attached hydrogens (tertiary/aromatic N) is 3. The van der Waals surface area contributed by atoms with E-state index in [1.165, 1.54) is 11.3 Å². The number of rotatable bonds is 8. The first kappa shape index (κ1) is 21.1. The van der Waals surface area contributed by atoms with Crippen LogP contribution >= 0.6 is 11.3 Å². The fourth-order valence-electron chi connectivity index (χ4n) is 3.34. The number of carbonyl (C=O) groups is 1. The summed E-state index contributed by atoms with van der Waals surface area (Å²) in [6.45, 7) is 5.15. The van der Waals surface area contributed by atoms with Gasteiger partial charge in [-0.1, -0.05) is 0 Å². The lowest BCUT2D eigenvalue weighted by Gasteiger charge is -2.26.